The largest absolute Gasteiger partial charge is 0.416 e. The number of carbonyl (C=O) groups excluding carboxylic acids is 2. The first-order valence-corrected chi connectivity index (χ1v) is 10.1. The average Bonchev–Trinajstić information content (AvgIpc) is 3.00. The van der Waals surface area contributed by atoms with E-state index in [0.29, 0.717) is 32.4 Å². The number of nitrogens with one attached hydrogen (secondary N) is 1. The number of anilines is 1. The first kappa shape index (κ1) is 22.6. The van der Waals surface area contributed by atoms with Crippen molar-refractivity contribution >= 4 is 17.5 Å². The van der Waals surface area contributed by atoms with Crippen molar-refractivity contribution in [1.82, 2.24) is 4.90 Å². The summed E-state index contributed by atoms with van der Waals surface area (Å²) in [5, 5.41) is 12.2. The van der Waals surface area contributed by atoms with Gasteiger partial charge in [-0.15, -0.1) is 0 Å². The number of ether oxygens (including phenoxy) is 1. The lowest BCUT2D eigenvalue weighted by Crippen LogP contribution is -2.46. The zero-order chi connectivity index (χ0) is 22.1. The van der Waals surface area contributed by atoms with E-state index in [1.807, 2.05) is 13.8 Å². The van der Waals surface area contributed by atoms with Crippen molar-refractivity contribution in [3.8, 4) is 0 Å². The van der Waals surface area contributed by atoms with Crippen molar-refractivity contribution in [2.24, 2.45) is 5.92 Å². The SMILES string of the molecule is CC(C)CC(=O)Nc1cc(C(=O)N2CCC3(CC2)CC(O)CO3)cc(C(F)(F)F)c1. The number of aliphatic hydroxyl groups excluding tert-OH is 1. The van der Waals surface area contributed by atoms with E-state index in [2.05, 4.69) is 5.32 Å². The van der Waals surface area contributed by atoms with Gasteiger partial charge >= 0.3 is 6.18 Å². The number of benzene rings is 1. The molecule has 0 saturated carbocycles. The molecule has 6 nitrogen and oxygen atoms in total. The lowest BCUT2D eigenvalue weighted by Gasteiger charge is -2.38. The monoisotopic (exact) mass is 428 g/mol. The molecule has 2 heterocycles. The van der Waals surface area contributed by atoms with Gasteiger partial charge in [0.15, 0.2) is 0 Å². The van der Waals surface area contributed by atoms with Gasteiger partial charge < -0.3 is 20.1 Å². The van der Waals surface area contributed by atoms with Crippen LogP contribution in [0.5, 0.6) is 0 Å². The average molecular weight is 428 g/mol. The van der Waals surface area contributed by atoms with Gasteiger partial charge in [0.1, 0.15) is 0 Å². The van der Waals surface area contributed by atoms with Crippen molar-refractivity contribution < 1.29 is 32.6 Å². The third-order valence-electron chi connectivity index (χ3n) is 5.54. The van der Waals surface area contributed by atoms with Crippen LogP contribution in [-0.4, -0.2) is 53.2 Å². The standard InChI is InChI=1S/C21H27F3N2O4/c1-13(2)7-18(28)25-16-9-14(8-15(10-16)21(22,23)24)19(29)26-5-3-20(4-6-26)11-17(27)12-30-20/h8-10,13,17,27H,3-7,11-12H2,1-2H3,(H,25,28). The highest BCUT2D eigenvalue weighted by Crippen LogP contribution is 2.37. The van der Waals surface area contributed by atoms with Gasteiger partial charge in [0.25, 0.3) is 5.91 Å². The van der Waals surface area contributed by atoms with Crippen molar-refractivity contribution in [3.05, 3.63) is 29.3 Å². The molecule has 2 saturated heterocycles. The summed E-state index contributed by atoms with van der Waals surface area (Å²) in [6.45, 7) is 4.59. The molecule has 1 aromatic rings. The predicted octanol–water partition coefficient (Wildman–Crippen LogP) is 3.45. The van der Waals surface area contributed by atoms with Crippen LogP contribution in [0, 0.1) is 5.92 Å². The minimum Gasteiger partial charge on any atom is -0.391 e. The Balaban J connectivity index is 1.77. The zero-order valence-corrected chi connectivity index (χ0v) is 17.1. The van der Waals surface area contributed by atoms with Gasteiger partial charge in [0.2, 0.25) is 5.91 Å². The van der Waals surface area contributed by atoms with Crippen LogP contribution in [0.25, 0.3) is 0 Å². The van der Waals surface area contributed by atoms with Crippen molar-refractivity contribution in [3.63, 3.8) is 0 Å². The minimum absolute atomic E-state index is 0.0467. The quantitative estimate of drug-likeness (QED) is 0.770. The predicted molar refractivity (Wildman–Crippen MR) is 104 cm³/mol. The Morgan fingerprint density at radius 2 is 1.93 bits per heavy atom. The third-order valence-corrected chi connectivity index (χ3v) is 5.54. The van der Waals surface area contributed by atoms with Gasteiger partial charge in [-0.05, 0) is 37.0 Å². The molecule has 0 aliphatic carbocycles. The van der Waals surface area contributed by atoms with E-state index in [4.69, 9.17) is 4.74 Å². The van der Waals surface area contributed by atoms with Gasteiger partial charge in [0.05, 0.1) is 23.9 Å². The molecule has 3 rings (SSSR count). The van der Waals surface area contributed by atoms with Crippen LogP contribution in [0.4, 0.5) is 18.9 Å². The van der Waals surface area contributed by atoms with Crippen LogP contribution < -0.4 is 5.32 Å². The van der Waals surface area contributed by atoms with E-state index in [1.165, 1.54) is 11.0 Å². The molecular formula is C21H27F3N2O4. The van der Waals surface area contributed by atoms with E-state index >= 15 is 0 Å². The summed E-state index contributed by atoms with van der Waals surface area (Å²) in [5.41, 5.74) is -1.61. The van der Waals surface area contributed by atoms with Crippen molar-refractivity contribution in [1.29, 1.82) is 0 Å². The van der Waals surface area contributed by atoms with Crippen LogP contribution in [0.1, 0.15) is 55.5 Å². The Morgan fingerprint density at radius 1 is 1.27 bits per heavy atom. The third kappa shape index (κ3) is 5.31. The number of hydrogen-bond acceptors (Lipinski definition) is 4. The summed E-state index contributed by atoms with van der Waals surface area (Å²) in [7, 11) is 0. The Labute approximate surface area is 173 Å². The minimum atomic E-state index is -4.65. The van der Waals surface area contributed by atoms with Gasteiger partial charge in [-0.1, -0.05) is 13.8 Å². The fraction of sp³-hybridized carbons (Fsp3) is 0.619. The second-order valence-corrected chi connectivity index (χ2v) is 8.59. The molecule has 1 aromatic carbocycles. The first-order chi connectivity index (χ1) is 14.0. The topological polar surface area (TPSA) is 78.9 Å². The number of piperidine rings is 1. The van der Waals surface area contributed by atoms with Crippen LogP contribution >= 0.6 is 0 Å². The summed E-state index contributed by atoms with van der Waals surface area (Å²) in [6.07, 6.45) is -3.45. The number of halogens is 3. The molecule has 0 bridgehead atoms. The molecule has 0 aromatic heterocycles. The molecule has 2 aliphatic rings. The van der Waals surface area contributed by atoms with Crippen molar-refractivity contribution in [2.45, 2.75) is 57.4 Å². The van der Waals surface area contributed by atoms with Crippen LogP contribution in [0.15, 0.2) is 18.2 Å². The number of hydrogen-bond donors (Lipinski definition) is 2. The molecule has 1 unspecified atom stereocenters. The number of carbonyl (C=O) groups is 2. The molecule has 2 amide bonds. The lowest BCUT2D eigenvalue weighted by atomic mass is 9.87. The maximum Gasteiger partial charge on any atom is 0.416 e. The molecule has 9 heteroatoms. The molecule has 1 atom stereocenters. The fourth-order valence-corrected chi connectivity index (χ4v) is 4.04. The number of amides is 2. The van der Waals surface area contributed by atoms with Gasteiger partial charge in [0, 0.05) is 37.2 Å². The van der Waals surface area contributed by atoms with E-state index in [-0.39, 0.29) is 30.2 Å². The zero-order valence-electron chi connectivity index (χ0n) is 17.1. The highest BCUT2D eigenvalue weighted by Gasteiger charge is 2.43. The molecule has 30 heavy (non-hydrogen) atoms. The number of likely N-dealkylation sites (tertiary alicyclic amines) is 1. The Kier molecular flexibility index (Phi) is 6.43. The van der Waals surface area contributed by atoms with E-state index < -0.39 is 35.3 Å². The Bertz CT molecular complexity index is 802. The lowest BCUT2D eigenvalue weighted by molar-refractivity contribution is -0.137. The van der Waals surface area contributed by atoms with Crippen LogP contribution in [-0.2, 0) is 15.7 Å². The van der Waals surface area contributed by atoms with E-state index in [9.17, 15) is 27.9 Å². The van der Waals surface area contributed by atoms with E-state index in [0.717, 1.165) is 12.1 Å². The van der Waals surface area contributed by atoms with Crippen molar-refractivity contribution in [2.75, 3.05) is 25.0 Å². The highest BCUT2D eigenvalue weighted by molar-refractivity contribution is 5.97. The number of rotatable bonds is 4. The molecule has 2 fully saturated rings. The normalized spacial score (nSPS) is 21.3. The molecule has 1 spiro atoms. The number of nitrogens with zero attached hydrogens (tertiary/aromatic N) is 1. The van der Waals surface area contributed by atoms with Gasteiger partial charge in [-0.3, -0.25) is 9.59 Å². The molecule has 166 valence electrons. The number of alkyl halides is 3. The first-order valence-electron chi connectivity index (χ1n) is 10.1. The second-order valence-electron chi connectivity index (χ2n) is 8.59. The number of aliphatic hydroxyl groups is 1. The Hall–Kier alpha value is -2.13. The van der Waals surface area contributed by atoms with Gasteiger partial charge in [-0.2, -0.15) is 13.2 Å². The molecular weight excluding hydrogens is 401 g/mol. The van der Waals surface area contributed by atoms with Crippen LogP contribution in [0.3, 0.4) is 0 Å². The van der Waals surface area contributed by atoms with Crippen LogP contribution in [0.2, 0.25) is 0 Å². The fourth-order valence-electron chi connectivity index (χ4n) is 4.04. The second kappa shape index (κ2) is 8.55. The summed E-state index contributed by atoms with van der Waals surface area (Å²) in [5.74, 6) is -0.873. The molecule has 0 radical (unpaired) electrons. The maximum absolute atomic E-state index is 13.4. The maximum atomic E-state index is 13.4. The summed E-state index contributed by atoms with van der Waals surface area (Å²) in [6, 6.07) is 2.95. The molecule has 2 aliphatic heterocycles. The summed E-state index contributed by atoms with van der Waals surface area (Å²) in [4.78, 5) is 26.4. The van der Waals surface area contributed by atoms with E-state index in [1.54, 1.807) is 0 Å². The summed E-state index contributed by atoms with van der Waals surface area (Å²) >= 11 is 0. The molecule has 2 N–H and O–H groups in total. The highest BCUT2D eigenvalue weighted by atomic mass is 19.4. The summed E-state index contributed by atoms with van der Waals surface area (Å²) < 4.78 is 45.8. The smallest absolute Gasteiger partial charge is 0.391 e. The Morgan fingerprint density at radius 3 is 2.47 bits per heavy atom. The van der Waals surface area contributed by atoms with Gasteiger partial charge in [-0.25, -0.2) is 0 Å².